The zero-order valence-electron chi connectivity index (χ0n) is 18.3. The average Bonchev–Trinajstić information content (AvgIpc) is 3.19. The van der Waals surface area contributed by atoms with E-state index in [1.807, 2.05) is 67.7 Å². The first-order valence-corrected chi connectivity index (χ1v) is 11.2. The van der Waals surface area contributed by atoms with Crippen LogP contribution in [0.4, 0.5) is 5.69 Å². The fraction of sp³-hybridized carbons (Fsp3) is 0.259. The van der Waals surface area contributed by atoms with Crippen LogP contribution in [0.15, 0.2) is 77.5 Å². The van der Waals surface area contributed by atoms with Gasteiger partial charge in [0.05, 0.1) is 11.7 Å². The van der Waals surface area contributed by atoms with Crippen molar-refractivity contribution in [1.82, 2.24) is 9.88 Å². The highest BCUT2D eigenvalue weighted by Crippen LogP contribution is 2.41. The molecule has 1 amide bonds. The van der Waals surface area contributed by atoms with Gasteiger partial charge in [0.15, 0.2) is 5.76 Å². The van der Waals surface area contributed by atoms with E-state index in [0.29, 0.717) is 5.56 Å². The summed E-state index contributed by atoms with van der Waals surface area (Å²) in [6.45, 7) is 3.99. The van der Waals surface area contributed by atoms with Crippen LogP contribution >= 0.6 is 0 Å². The van der Waals surface area contributed by atoms with Gasteiger partial charge in [-0.25, -0.2) is 0 Å². The molecule has 0 bridgehead atoms. The number of benzene rings is 2. The van der Waals surface area contributed by atoms with Gasteiger partial charge < -0.3 is 9.73 Å². The van der Waals surface area contributed by atoms with Crippen LogP contribution in [0, 0.1) is 6.92 Å². The van der Waals surface area contributed by atoms with Crippen LogP contribution in [0.1, 0.15) is 52.5 Å². The van der Waals surface area contributed by atoms with Gasteiger partial charge in [-0.1, -0.05) is 42.3 Å². The summed E-state index contributed by atoms with van der Waals surface area (Å²) in [5.74, 6) is 0.628. The van der Waals surface area contributed by atoms with Gasteiger partial charge in [0.25, 0.3) is 5.91 Å². The second kappa shape index (κ2) is 8.97. The molecular formula is C27H27N3O2. The predicted octanol–water partition coefficient (Wildman–Crippen LogP) is 5.96. The molecule has 1 aliphatic heterocycles. The molecule has 5 rings (SSSR count). The summed E-state index contributed by atoms with van der Waals surface area (Å²) in [5, 5.41) is 4.09. The molecule has 5 nitrogen and oxygen atoms in total. The van der Waals surface area contributed by atoms with E-state index in [1.165, 1.54) is 6.42 Å². The molecule has 2 aromatic carbocycles. The number of likely N-dealkylation sites (tertiary alicyclic amines) is 1. The van der Waals surface area contributed by atoms with Gasteiger partial charge in [0.1, 0.15) is 5.58 Å². The standard InChI is InChI=1S/C27H27N3O2/c1-19-11-13-20(14-12-19)27(31)29-24-22-9-3-4-10-23(22)32-26(24)25(21-8-7-15-28-18-21)30-16-5-2-6-17-30/h3-4,7-15,18,25H,2,5-6,16-17H2,1H3,(H,29,31)/t25-/m0/s1. The number of anilines is 1. The Morgan fingerprint density at radius 2 is 1.78 bits per heavy atom. The van der Waals surface area contributed by atoms with Crippen molar-refractivity contribution in [3.8, 4) is 0 Å². The third-order valence-electron chi connectivity index (χ3n) is 6.18. The molecule has 5 heteroatoms. The first-order chi connectivity index (χ1) is 15.7. The number of furan rings is 1. The zero-order chi connectivity index (χ0) is 21.9. The van der Waals surface area contributed by atoms with Gasteiger partial charge >= 0.3 is 0 Å². The molecule has 0 spiro atoms. The Morgan fingerprint density at radius 1 is 1.00 bits per heavy atom. The number of hydrogen-bond donors (Lipinski definition) is 1. The van der Waals surface area contributed by atoms with Crippen LogP contribution in [0.3, 0.4) is 0 Å². The van der Waals surface area contributed by atoms with Crippen LogP contribution < -0.4 is 5.32 Å². The maximum absolute atomic E-state index is 13.2. The summed E-state index contributed by atoms with van der Waals surface area (Å²) in [5.41, 5.74) is 4.33. The van der Waals surface area contributed by atoms with E-state index in [9.17, 15) is 4.79 Å². The highest BCUT2D eigenvalue weighted by molar-refractivity contribution is 6.09. The number of nitrogens with one attached hydrogen (secondary N) is 1. The molecule has 1 atom stereocenters. The number of piperidine rings is 1. The van der Waals surface area contributed by atoms with Gasteiger partial charge in [-0.2, -0.15) is 0 Å². The Balaban J connectivity index is 1.61. The quantitative estimate of drug-likeness (QED) is 0.428. The van der Waals surface area contributed by atoms with Crippen molar-refractivity contribution in [3.05, 3.63) is 95.5 Å². The third-order valence-corrected chi connectivity index (χ3v) is 6.18. The van der Waals surface area contributed by atoms with E-state index in [1.54, 1.807) is 6.20 Å². The average molecular weight is 426 g/mol. The fourth-order valence-corrected chi connectivity index (χ4v) is 4.52. The normalized spacial score (nSPS) is 15.5. The summed E-state index contributed by atoms with van der Waals surface area (Å²) in [7, 11) is 0. The summed E-state index contributed by atoms with van der Waals surface area (Å²) in [6, 6.07) is 19.5. The van der Waals surface area contributed by atoms with Gasteiger partial charge in [-0.3, -0.25) is 14.7 Å². The molecular weight excluding hydrogens is 398 g/mol. The van der Waals surface area contributed by atoms with Crippen LogP contribution in [0.25, 0.3) is 11.0 Å². The molecule has 1 aliphatic rings. The SMILES string of the molecule is Cc1ccc(C(=O)Nc2c([C@H](c3cccnc3)N3CCCCC3)oc3ccccc23)cc1. The van der Waals surface area contributed by atoms with Crippen molar-refractivity contribution >= 4 is 22.6 Å². The van der Waals surface area contributed by atoms with Gasteiger partial charge in [-0.05, 0) is 68.8 Å². The molecule has 2 aromatic heterocycles. The number of carbonyl (C=O) groups is 1. The minimum absolute atomic E-state index is 0.107. The van der Waals surface area contributed by atoms with E-state index in [0.717, 1.165) is 59.5 Å². The first-order valence-electron chi connectivity index (χ1n) is 11.2. The van der Waals surface area contributed by atoms with Crippen LogP contribution in [0.5, 0.6) is 0 Å². The number of para-hydroxylation sites is 1. The minimum atomic E-state index is -0.138. The molecule has 32 heavy (non-hydrogen) atoms. The Kier molecular flexibility index (Phi) is 5.73. The Hall–Kier alpha value is -3.44. The van der Waals surface area contributed by atoms with Gasteiger partial charge in [-0.15, -0.1) is 0 Å². The maximum Gasteiger partial charge on any atom is 0.255 e. The molecule has 1 fully saturated rings. The van der Waals surface area contributed by atoms with Crippen molar-refractivity contribution in [2.75, 3.05) is 18.4 Å². The molecule has 0 aliphatic carbocycles. The number of fused-ring (bicyclic) bond motifs is 1. The topological polar surface area (TPSA) is 58.4 Å². The van der Waals surface area contributed by atoms with Crippen molar-refractivity contribution < 1.29 is 9.21 Å². The second-order valence-electron chi connectivity index (χ2n) is 8.44. The zero-order valence-corrected chi connectivity index (χ0v) is 18.3. The molecule has 0 radical (unpaired) electrons. The summed E-state index contributed by atoms with van der Waals surface area (Å²) in [6.07, 6.45) is 7.24. The van der Waals surface area contributed by atoms with Crippen molar-refractivity contribution in [3.63, 3.8) is 0 Å². The van der Waals surface area contributed by atoms with Crippen LogP contribution in [-0.2, 0) is 0 Å². The highest BCUT2D eigenvalue weighted by Gasteiger charge is 2.31. The predicted molar refractivity (Wildman–Crippen MR) is 127 cm³/mol. The van der Waals surface area contributed by atoms with E-state index in [2.05, 4.69) is 21.3 Å². The number of nitrogens with zero attached hydrogens (tertiary/aromatic N) is 2. The highest BCUT2D eigenvalue weighted by atomic mass is 16.3. The Morgan fingerprint density at radius 3 is 2.53 bits per heavy atom. The second-order valence-corrected chi connectivity index (χ2v) is 8.44. The number of aryl methyl sites for hydroxylation is 1. The lowest BCUT2D eigenvalue weighted by molar-refractivity contribution is 0.102. The van der Waals surface area contributed by atoms with Gasteiger partial charge in [0.2, 0.25) is 0 Å². The molecule has 0 unspecified atom stereocenters. The van der Waals surface area contributed by atoms with Crippen molar-refractivity contribution in [2.45, 2.75) is 32.2 Å². The Labute approximate surface area is 188 Å². The Bertz CT molecular complexity index is 1210. The monoisotopic (exact) mass is 425 g/mol. The van der Waals surface area contributed by atoms with Crippen LogP contribution in [0.2, 0.25) is 0 Å². The van der Waals surface area contributed by atoms with Crippen molar-refractivity contribution in [2.24, 2.45) is 0 Å². The number of amides is 1. The molecule has 1 saturated heterocycles. The van der Waals surface area contributed by atoms with Gasteiger partial charge in [0, 0.05) is 23.3 Å². The minimum Gasteiger partial charge on any atom is -0.457 e. The molecule has 162 valence electrons. The lowest BCUT2D eigenvalue weighted by Crippen LogP contribution is -2.34. The maximum atomic E-state index is 13.2. The van der Waals surface area contributed by atoms with E-state index in [-0.39, 0.29) is 11.9 Å². The molecule has 4 aromatic rings. The lowest BCUT2D eigenvalue weighted by atomic mass is 9.99. The number of carbonyl (C=O) groups excluding carboxylic acids is 1. The number of aromatic nitrogens is 1. The van der Waals surface area contributed by atoms with E-state index < -0.39 is 0 Å². The first kappa shape index (κ1) is 20.5. The largest absolute Gasteiger partial charge is 0.457 e. The molecule has 3 heterocycles. The smallest absolute Gasteiger partial charge is 0.255 e. The van der Waals surface area contributed by atoms with Crippen LogP contribution in [-0.4, -0.2) is 28.9 Å². The number of hydrogen-bond acceptors (Lipinski definition) is 4. The number of rotatable bonds is 5. The number of pyridine rings is 1. The van der Waals surface area contributed by atoms with E-state index in [4.69, 9.17) is 4.42 Å². The summed E-state index contributed by atoms with van der Waals surface area (Å²) >= 11 is 0. The lowest BCUT2D eigenvalue weighted by Gasteiger charge is -2.34. The summed E-state index contributed by atoms with van der Waals surface area (Å²) < 4.78 is 6.44. The summed E-state index contributed by atoms with van der Waals surface area (Å²) in [4.78, 5) is 20.0. The fourth-order valence-electron chi connectivity index (χ4n) is 4.52. The van der Waals surface area contributed by atoms with E-state index >= 15 is 0 Å². The van der Waals surface area contributed by atoms with Crippen molar-refractivity contribution in [1.29, 1.82) is 0 Å². The third kappa shape index (κ3) is 4.04. The molecule has 0 saturated carbocycles. The molecule has 1 N–H and O–H groups in total.